The standard InChI is InChI=1S/C8H8ClN2/c9-4-6-1-2-7-8(3-6)11-5-10-7/h1-3,5,10-11H,4H2. The second-order valence-electron chi connectivity index (χ2n) is 2.45. The van der Waals surface area contributed by atoms with Crippen molar-refractivity contribution >= 4 is 23.0 Å². The smallest absolute Gasteiger partial charge is 0.136 e. The van der Waals surface area contributed by atoms with Gasteiger partial charge in [-0.15, -0.1) is 11.6 Å². The van der Waals surface area contributed by atoms with Crippen molar-refractivity contribution in [2.45, 2.75) is 5.88 Å². The highest BCUT2D eigenvalue weighted by molar-refractivity contribution is 6.17. The molecule has 1 aromatic carbocycles. The fourth-order valence-corrected chi connectivity index (χ4v) is 1.28. The molecule has 1 aliphatic rings. The monoisotopic (exact) mass is 167 g/mol. The van der Waals surface area contributed by atoms with E-state index in [0.717, 1.165) is 16.9 Å². The molecule has 1 aromatic rings. The van der Waals surface area contributed by atoms with E-state index in [1.54, 1.807) is 0 Å². The van der Waals surface area contributed by atoms with Crippen LogP contribution in [-0.2, 0) is 5.88 Å². The average Bonchev–Trinajstić information content (AvgIpc) is 2.50. The van der Waals surface area contributed by atoms with Crippen molar-refractivity contribution < 1.29 is 0 Å². The zero-order valence-electron chi connectivity index (χ0n) is 5.89. The second kappa shape index (κ2) is 2.62. The summed E-state index contributed by atoms with van der Waals surface area (Å²) in [5.74, 6) is 0.564. The van der Waals surface area contributed by atoms with E-state index in [0.29, 0.717) is 5.88 Å². The highest BCUT2D eigenvalue weighted by Gasteiger charge is 2.08. The van der Waals surface area contributed by atoms with Gasteiger partial charge in [0, 0.05) is 5.88 Å². The summed E-state index contributed by atoms with van der Waals surface area (Å²) in [5, 5.41) is 6.15. The predicted molar refractivity (Wildman–Crippen MR) is 47.5 cm³/mol. The minimum atomic E-state index is 0.564. The lowest BCUT2D eigenvalue weighted by Gasteiger charge is -1.99. The highest BCUT2D eigenvalue weighted by atomic mass is 35.5. The average molecular weight is 168 g/mol. The molecule has 2 N–H and O–H groups in total. The van der Waals surface area contributed by atoms with Crippen LogP contribution in [0, 0.1) is 6.67 Å². The van der Waals surface area contributed by atoms with Gasteiger partial charge in [0.15, 0.2) is 0 Å². The van der Waals surface area contributed by atoms with Crippen LogP contribution < -0.4 is 10.6 Å². The van der Waals surface area contributed by atoms with E-state index in [9.17, 15) is 0 Å². The molecule has 0 amide bonds. The van der Waals surface area contributed by atoms with Gasteiger partial charge in [-0.2, -0.15) is 0 Å². The SMILES string of the molecule is ClCc1ccc2c(c1)N[CH]N2. The van der Waals surface area contributed by atoms with Gasteiger partial charge in [0.1, 0.15) is 6.67 Å². The van der Waals surface area contributed by atoms with Crippen molar-refractivity contribution in [1.82, 2.24) is 0 Å². The van der Waals surface area contributed by atoms with E-state index in [-0.39, 0.29) is 0 Å². The van der Waals surface area contributed by atoms with Crippen molar-refractivity contribution in [2.75, 3.05) is 10.6 Å². The maximum atomic E-state index is 5.67. The molecule has 57 valence electrons. The lowest BCUT2D eigenvalue weighted by molar-refractivity contribution is 1.41. The van der Waals surface area contributed by atoms with Gasteiger partial charge in [0.05, 0.1) is 11.4 Å². The molecular formula is C8H8ClN2. The normalized spacial score (nSPS) is 13.5. The van der Waals surface area contributed by atoms with Crippen LogP contribution in [-0.4, -0.2) is 0 Å². The second-order valence-corrected chi connectivity index (χ2v) is 2.71. The third-order valence-corrected chi connectivity index (χ3v) is 2.00. The van der Waals surface area contributed by atoms with Gasteiger partial charge in [-0.1, -0.05) is 6.07 Å². The molecule has 0 unspecified atom stereocenters. The van der Waals surface area contributed by atoms with Gasteiger partial charge in [-0.25, -0.2) is 0 Å². The Bertz CT molecular complexity index is 273. The summed E-state index contributed by atoms with van der Waals surface area (Å²) < 4.78 is 0. The van der Waals surface area contributed by atoms with Crippen LogP contribution in [0.3, 0.4) is 0 Å². The topological polar surface area (TPSA) is 24.1 Å². The van der Waals surface area contributed by atoms with Crippen molar-refractivity contribution in [3.63, 3.8) is 0 Å². The van der Waals surface area contributed by atoms with Crippen molar-refractivity contribution in [2.24, 2.45) is 0 Å². The molecule has 2 nitrogen and oxygen atoms in total. The number of benzene rings is 1. The summed E-state index contributed by atoms with van der Waals surface area (Å²) in [6.45, 7) is 1.81. The van der Waals surface area contributed by atoms with E-state index in [1.807, 2.05) is 24.9 Å². The van der Waals surface area contributed by atoms with Crippen LogP contribution in [0.2, 0.25) is 0 Å². The number of nitrogens with one attached hydrogen (secondary N) is 2. The summed E-state index contributed by atoms with van der Waals surface area (Å²) in [5.41, 5.74) is 3.34. The summed E-state index contributed by atoms with van der Waals surface area (Å²) in [7, 11) is 0. The number of anilines is 2. The van der Waals surface area contributed by atoms with Crippen LogP contribution in [0.1, 0.15) is 5.56 Å². The largest absolute Gasteiger partial charge is 0.360 e. The van der Waals surface area contributed by atoms with Gasteiger partial charge in [0.25, 0.3) is 0 Å². The minimum Gasteiger partial charge on any atom is -0.360 e. The Labute approximate surface area is 70.6 Å². The third kappa shape index (κ3) is 1.14. The maximum absolute atomic E-state index is 5.67. The predicted octanol–water partition coefficient (Wildman–Crippen LogP) is 2.38. The first-order chi connectivity index (χ1) is 5.40. The summed E-state index contributed by atoms with van der Waals surface area (Å²) >= 11 is 5.67. The molecule has 3 heteroatoms. The molecule has 2 rings (SSSR count). The number of hydrogen-bond donors (Lipinski definition) is 2. The lowest BCUT2D eigenvalue weighted by atomic mass is 10.2. The van der Waals surface area contributed by atoms with Crippen LogP contribution in [0.4, 0.5) is 11.4 Å². The molecule has 11 heavy (non-hydrogen) atoms. The zero-order valence-corrected chi connectivity index (χ0v) is 6.65. The van der Waals surface area contributed by atoms with E-state index in [2.05, 4.69) is 10.6 Å². The van der Waals surface area contributed by atoms with Gasteiger partial charge in [-0.05, 0) is 17.7 Å². The van der Waals surface area contributed by atoms with Crippen molar-refractivity contribution in [3.05, 3.63) is 30.4 Å². The fraction of sp³-hybridized carbons (Fsp3) is 0.125. The Hall–Kier alpha value is -0.890. The molecule has 0 fully saturated rings. The Morgan fingerprint density at radius 1 is 1.18 bits per heavy atom. The van der Waals surface area contributed by atoms with E-state index < -0.39 is 0 Å². The van der Waals surface area contributed by atoms with Gasteiger partial charge < -0.3 is 10.6 Å². The van der Waals surface area contributed by atoms with Crippen molar-refractivity contribution in [1.29, 1.82) is 0 Å². The van der Waals surface area contributed by atoms with Gasteiger partial charge in [0.2, 0.25) is 0 Å². The molecule has 0 aliphatic carbocycles. The van der Waals surface area contributed by atoms with E-state index in [1.165, 1.54) is 0 Å². The first-order valence-corrected chi connectivity index (χ1v) is 3.97. The maximum Gasteiger partial charge on any atom is 0.136 e. The van der Waals surface area contributed by atoms with E-state index >= 15 is 0 Å². The highest BCUT2D eigenvalue weighted by Crippen LogP contribution is 2.28. The summed E-state index contributed by atoms with van der Waals surface area (Å²) in [6.07, 6.45) is 0. The van der Waals surface area contributed by atoms with Crippen LogP contribution in [0.5, 0.6) is 0 Å². The number of hydrogen-bond acceptors (Lipinski definition) is 2. The van der Waals surface area contributed by atoms with Crippen LogP contribution >= 0.6 is 11.6 Å². The zero-order chi connectivity index (χ0) is 7.68. The van der Waals surface area contributed by atoms with Crippen LogP contribution in [0.25, 0.3) is 0 Å². The molecule has 1 heterocycles. The summed E-state index contributed by atoms with van der Waals surface area (Å²) in [4.78, 5) is 0. The number of alkyl halides is 1. The summed E-state index contributed by atoms with van der Waals surface area (Å²) in [6, 6.07) is 6.07. The minimum absolute atomic E-state index is 0.564. The molecule has 0 saturated carbocycles. The first-order valence-electron chi connectivity index (χ1n) is 3.44. The Morgan fingerprint density at radius 3 is 2.82 bits per heavy atom. The lowest BCUT2D eigenvalue weighted by Crippen LogP contribution is -1.89. The first kappa shape index (κ1) is 6.80. The Balaban J connectivity index is 2.41. The number of fused-ring (bicyclic) bond motifs is 1. The fourth-order valence-electron chi connectivity index (χ4n) is 1.11. The van der Waals surface area contributed by atoms with Gasteiger partial charge >= 0.3 is 0 Å². The number of rotatable bonds is 1. The van der Waals surface area contributed by atoms with Gasteiger partial charge in [-0.3, -0.25) is 0 Å². The third-order valence-electron chi connectivity index (χ3n) is 1.69. The molecule has 1 radical (unpaired) electrons. The molecular weight excluding hydrogens is 160 g/mol. The molecule has 0 atom stereocenters. The van der Waals surface area contributed by atoms with E-state index in [4.69, 9.17) is 11.6 Å². The quantitative estimate of drug-likeness (QED) is 0.628. The Morgan fingerprint density at radius 2 is 2.00 bits per heavy atom. The molecule has 0 saturated heterocycles. The molecule has 1 aliphatic heterocycles. The number of halogens is 1. The van der Waals surface area contributed by atoms with Crippen LogP contribution in [0.15, 0.2) is 18.2 Å². The molecule has 0 bridgehead atoms. The molecule has 0 spiro atoms. The molecule has 0 aromatic heterocycles. The van der Waals surface area contributed by atoms with Crippen molar-refractivity contribution in [3.8, 4) is 0 Å². The Kier molecular flexibility index (Phi) is 1.62.